The van der Waals surface area contributed by atoms with Crippen molar-refractivity contribution in [3.8, 4) is 0 Å². The lowest BCUT2D eigenvalue weighted by Crippen LogP contribution is -2.12. The maximum atomic E-state index is 11.6. The van der Waals surface area contributed by atoms with Gasteiger partial charge in [0.15, 0.2) is 0 Å². The van der Waals surface area contributed by atoms with Crippen molar-refractivity contribution >= 4 is 17.5 Å². The Morgan fingerprint density at radius 1 is 1.67 bits per heavy atom. The van der Waals surface area contributed by atoms with Crippen LogP contribution in [0.3, 0.4) is 0 Å². The molecule has 0 N–H and O–H groups in total. The van der Waals surface area contributed by atoms with Crippen LogP contribution in [0.1, 0.15) is 26.0 Å². The van der Waals surface area contributed by atoms with Gasteiger partial charge in [-0.15, -0.1) is 0 Å². The summed E-state index contributed by atoms with van der Waals surface area (Å²) in [6.45, 7) is 5.99. The van der Waals surface area contributed by atoms with Crippen molar-refractivity contribution in [1.82, 2.24) is 9.78 Å². The Balaban J connectivity index is 2.50. The quantitative estimate of drug-likeness (QED) is 0.723. The van der Waals surface area contributed by atoms with Crippen LogP contribution in [-0.4, -0.2) is 21.3 Å². The first-order valence-electron chi connectivity index (χ1n) is 5.20. The van der Waals surface area contributed by atoms with Gasteiger partial charge in [-0.3, -0.25) is 9.48 Å². The second-order valence-electron chi connectivity index (χ2n) is 3.81. The normalized spacial score (nSPS) is 12.8. The summed E-state index contributed by atoms with van der Waals surface area (Å²) in [7, 11) is 1.91. The van der Waals surface area contributed by atoms with Crippen molar-refractivity contribution in [3.05, 3.63) is 11.8 Å². The van der Waals surface area contributed by atoms with Gasteiger partial charge in [-0.1, -0.05) is 25.6 Å². The number of nitrogens with zero attached hydrogens (tertiary/aromatic N) is 2. The molecule has 1 heterocycles. The van der Waals surface area contributed by atoms with Crippen LogP contribution in [0.2, 0.25) is 0 Å². The lowest BCUT2D eigenvalue weighted by Gasteiger charge is -2.06. The molecule has 0 aliphatic heterocycles. The molecule has 0 aromatic carbocycles. The second-order valence-corrected chi connectivity index (χ2v) is 4.81. The fraction of sp³-hybridized carbons (Fsp3) is 0.636. The van der Waals surface area contributed by atoms with E-state index in [1.165, 1.54) is 0 Å². The molecule has 1 aromatic heterocycles. The first kappa shape index (κ1) is 12.3. The van der Waals surface area contributed by atoms with E-state index in [1.54, 1.807) is 11.8 Å². The molecule has 0 saturated carbocycles. The minimum atomic E-state index is 0.173. The van der Waals surface area contributed by atoms with Crippen molar-refractivity contribution < 1.29 is 4.79 Å². The van der Waals surface area contributed by atoms with Gasteiger partial charge in [-0.05, 0) is 19.4 Å². The van der Waals surface area contributed by atoms with Crippen LogP contribution in [0.15, 0.2) is 11.1 Å². The Bertz CT molecular complexity index is 346. The maximum Gasteiger partial charge on any atom is 0.145 e. The predicted octanol–water partition coefficient (Wildman–Crippen LogP) is 2.44. The van der Waals surface area contributed by atoms with Gasteiger partial charge in [0.2, 0.25) is 0 Å². The highest BCUT2D eigenvalue weighted by atomic mass is 32.2. The van der Waals surface area contributed by atoms with Crippen LogP contribution in [-0.2, 0) is 11.8 Å². The Hall–Kier alpha value is -0.770. The van der Waals surface area contributed by atoms with E-state index < -0.39 is 0 Å². The summed E-state index contributed by atoms with van der Waals surface area (Å²) in [5.74, 6) is 1.04. The summed E-state index contributed by atoms with van der Waals surface area (Å²) in [6, 6.07) is 2.01. The zero-order chi connectivity index (χ0) is 11.4. The number of Topliss-reactive ketones (excluding diaryl/α,β-unsaturated/α-hetero) is 1. The van der Waals surface area contributed by atoms with Crippen molar-refractivity contribution in [2.45, 2.75) is 32.2 Å². The standard InChI is InChI=1S/C11H18N2OS/c1-5-8(2)10(14)7-15-11-6-9(3)12-13(11)4/h6,8H,5,7H2,1-4H3. The van der Waals surface area contributed by atoms with Crippen LogP contribution in [0.25, 0.3) is 0 Å². The molecular formula is C11H18N2OS. The Kier molecular flexibility index (Phi) is 4.39. The summed E-state index contributed by atoms with van der Waals surface area (Å²) in [5, 5.41) is 5.30. The van der Waals surface area contributed by atoms with E-state index in [0.29, 0.717) is 11.5 Å². The van der Waals surface area contributed by atoms with Gasteiger partial charge in [-0.25, -0.2) is 0 Å². The Morgan fingerprint density at radius 2 is 2.33 bits per heavy atom. The molecule has 0 fully saturated rings. The summed E-state index contributed by atoms with van der Waals surface area (Å²) in [5.41, 5.74) is 0.996. The van der Waals surface area contributed by atoms with Gasteiger partial charge in [0.05, 0.1) is 16.5 Å². The SMILES string of the molecule is CCC(C)C(=O)CSc1cc(C)nn1C. The highest BCUT2D eigenvalue weighted by Crippen LogP contribution is 2.19. The lowest BCUT2D eigenvalue weighted by molar-refractivity contribution is -0.119. The number of carbonyl (C=O) groups is 1. The van der Waals surface area contributed by atoms with Crippen LogP contribution in [0.4, 0.5) is 0 Å². The molecular weight excluding hydrogens is 208 g/mol. The highest BCUT2D eigenvalue weighted by molar-refractivity contribution is 7.99. The predicted molar refractivity (Wildman–Crippen MR) is 63.1 cm³/mol. The number of rotatable bonds is 5. The average molecular weight is 226 g/mol. The molecule has 0 bridgehead atoms. The summed E-state index contributed by atoms with van der Waals surface area (Å²) in [6.07, 6.45) is 0.920. The molecule has 1 unspecified atom stereocenters. The van der Waals surface area contributed by atoms with Crippen molar-refractivity contribution in [3.63, 3.8) is 0 Å². The topological polar surface area (TPSA) is 34.9 Å². The Labute approximate surface area is 95.2 Å². The van der Waals surface area contributed by atoms with Crippen LogP contribution < -0.4 is 0 Å². The largest absolute Gasteiger partial charge is 0.298 e. The van der Waals surface area contributed by atoms with Crippen molar-refractivity contribution in [1.29, 1.82) is 0 Å². The van der Waals surface area contributed by atoms with Gasteiger partial charge in [0.25, 0.3) is 0 Å². The molecule has 1 atom stereocenters. The third-order valence-corrected chi connectivity index (χ3v) is 3.59. The first-order chi connectivity index (χ1) is 7.04. The smallest absolute Gasteiger partial charge is 0.145 e. The summed E-state index contributed by atoms with van der Waals surface area (Å²) in [4.78, 5) is 11.6. The molecule has 1 aromatic rings. The van der Waals surface area contributed by atoms with Crippen LogP contribution >= 0.6 is 11.8 Å². The van der Waals surface area contributed by atoms with E-state index in [4.69, 9.17) is 0 Å². The van der Waals surface area contributed by atoms with Gasteiger partial charge >= 0.3 is 0 Å². The molecule has 84 valence electrons. The number of carbonyl (C=O) groups excluding carboxylic acids is 1. The molecule has 0 aliphatic carbocycles. The van der Waals surface area contributed by atoms with Gasteiger partial charge in [0.1, 0.15) is 5.78 Å². The van der Waals surface area contributed by atoms with Gasteiger partial charge in [0, 0.05) is 13.0 Å². The van der Waals surface area contributed by atoms with Gasteiger partial charge < -0.3 is 0 Å². The number of aromatic nitrogens is 2. The zero-order valence-electron chi connectivity index (χ0n) is 9.78. The number of ketones is 1. The molecule has 15 heavy (non-hydrogen) atoms. The molecule has 1 rings (SSSR count). The number of thioether (sulfide) groups is 1. The summed E-state index contributed by atoms with van der Waals surface area (Å²) < 4.78 is 1.82. The third kappa shape index (κ3) is 3.38. The number of aryl methyl sites for hydroxylation is 2. The third-order valence-electron chi connectivity index (χ3n) is 2.48. The molecule has 4 heteroatoms. The molecule has 0 aliphatic rings. The second kappa shape index (κ2) is 5.35. The van der Waals surface area contributed by atoms with E-state index in [1.807, 2.05) is 38.6 Å². The number of hydrogen-bond donors (Lipinski definition) is 0. The monoisotopic (exact) mass is 226 g/mol. The van der Waals surface area contributed by atoms with E-state index in [9.17, 15) is 4.79 Å². The van der Waals surface area contributed by atoms with Crippen molar-refractivity contribution in [2.75, 3.05) is 5.75 Å². The first-order valence-corrected chi connectivity index (χ1v) is 6.19. The highest BCUT2D eigenvalue weighted by Gasteiger charge is 2.12. The maximum absolute atomic E-state index is 11.6. The van der Waals surface area contributed by atoms with E-state index in [-0.39, 0.29) is 5.92 Å². The number of hydrogen-bond acceptors (Lipinski definition) is 3. The summed E-state index contributed by atoms with van der Waals surface area (Å²) >= 11 is 1.57. The fourth-order valence-electron chi connectivity index (χ4n) is 1.24. The fourth-order valence-corrected chi connectivity index (χ4v) is 2.29. The molecule has 0 radical (unpaired) electrons. The Morgan fingerprint density at radius 3 is 2.80 bits per heavy atom. The van der Waals surface area contributed by atoms with E-state index in [0.717, 1.165) is 17.1 Å². The minimum Gasteiger partial charge on any atom is -0.298 e. The average Bonchev–Trinajstić information content (AvgIpc) is 2.52. The molecule has 3 nitrogen and oxygen atoms in total. The minimum absolute atomic E-state index is 0.173. The van der Waals surface area contributed by atoms with Crippen LogP contribution in [0, 0.1) is 12.8 Å². The van der Waals surface area contributed by atoms with E-state index in [2.05, 4.69) is 5.10 Å². The van der Waals surface area contributed by atoms with Crippen molar-refractivity contribution in [2.24, 2.45) is 13.0 Å². The van der Waals surface area contributed by atoms with Crippen LogP contribution in [0.5, 0.6) is 0 Å². The molecule has 0 saturated heterocycles. The van der Waals surface area contributed by atoms with Gasteiger partial charge in [-0.2, -0.15) is 5.10 Å². The molecule has 0 spiro atoms. The zero-order valence-corrected chi connectivity index (χ0v) is 10.6. The molecule has 0 amide bonds. The lowest BCUT2D eigenvalue weighted by atomic mass is 10.1. The van der Waals surface area contributed by atoms with E-state index >= 15 is 0 Å².